The van der Waals surface area contributed by atoms with Gasteiger partial charge in [-0.25, -0.2) is 8.42 Å². The fraction of sp³-hybridized carbons (Fsp3) is 0.500. The molecule has 0 aromatic heterocycles. The van der Waals surface area contributed by atoms with Gasteiger partial charge in [0, 0.05) is 31.7 Å². The maximum Gasteiger partial charge on any atom is 0.251 e. The standard InChI is InChI=1S/C26H33N3O5S/c30-26(27-18-21-19-33-23-9-3-4-10-24(23)34-21)20-11-12-22(28-13-5-1-6-14-28)25(17-20)35(31,32)29-15-7-2-8-16-29/h3-4,9-12,17,21H,1-2,5-8,13-16,18-19H2,(H,27,30)/t21-/m1/s1. The summed E-state index contributed by atoms with van der Waals surface area (Å²) >= 11 is 0. The number of carbonyl (C=O) groups excluding carboxylic acids is 1. The van der Waals surface area contributed by atoms with Gasteiger partial charge < -0.3 is 19.7 Å². The van der Waals surface area contributed by atoms with Gasteiger partial charge in [-0.2, -0.15) is 4.31 Å². The van der Waals surface area contributed by atoms with Gasteiger partial charge in [-0.05, 0) is 62.4 Å². The number of rotatable bonds is 6. The molecule has 8 nitrogen and oxygen atoms in total. The monoisotopic (exact) mass is 499 g/mol. The predicted molar refractivity (Wildman–Crippen MR) is 134 cm³/mol. The molecule has 2 aromatic carbocycles. The van der Waals surface area contributed by atoms with Gasteiger partial charge in [-0.15, -0.1) is 0 Å². The van der Waals surface area contributed by atoms with Crippen molar-refractivity contribution in [1.82, 2.24) is 9.62 Å². The molecule has 2 saturated heterocycles. The van der Waals surface area contributed by atoms with Crippen molar-refractivity contribution >= 4 is 21.6 Å². The second-order valence-electron chi connectivity index (χ2n) is 9.40. The SMILES string of the molecule is O=C(NC[C@@H]1COc2ccccc2O1)c1ccc(N2CCCCC2)c(S(=O)(=O)N2CCCCC2)c1. The van der Waals surface area contributed by atoms with Crippen LogP contribution in [0, 0.1) is 0 Å². The first-order chi connectivity index (χ1) is 17.0. The van der Waals surface area contributed by atoms with Crippen molar-refractivity contribution in [2.24, 2.45) is 0 Å². The number of para-hydroxylation sites is 2. The Bertz CT molecular complexity index is 1160. The van der Waals surface area contributed by atoms with E-state index in [0.717, 1.165) is 51.6 Å². The zero-order chi connectivity index (χ0) is 24.3. The summed E-state index contributed by atoms with van der Waals surface area (Å²) in [6.45, 7) is 3.30. The van der Waals surface area contributed by atoms with Gasteiger partial charge in [-0.3, -0.25) is 4.79 Å². The van der Waals surface area contributed by atoms with Crippen LogP contribution in [-0.4, -0.2) is 64.1 Å². The lowest BCUT2D eigenvalue weighted by molar-refractivity contribution is 0.0789. The maximum atomic E-state index is 13.7. The highest BCUT2D eigenvalue weighted by atomic mass is 32.2. The minimum absolute atomic E-state index is 0.236. The molecule has 9 heteroatoms. The van der Waals surface area contributed by atoms with E-state index in [1.165, 1.54) is 0 Å². The van der Waals surface area contributed by atoms with Crippen molar-refractivity contribution in [2.45, 2.75) is 49.5 Å². The number of fused-ring (bicyclic) bond motifs is 1. The molecule has 0 bridgehead atoms. The van der Waals surface area contributed by atoms with E-state index in [1.54, 1.807) is 22.5 Å². The number of amides is 1. The molecule has 0 radical (unpaired) electrons. The highest BCUT2D eigenvalue weighted by Crippen LogP contribution is 2.33. The molecule has 0 spiro atoms. The predicted octanol–water partition coefficient (Wildman–Crippen LogP) is 3.42. The molecule has 1 amide bonds. The molecular weight excluding hydrogens is 466 g/mol. The van der Waals surface area contributed by atoms with Crippen LogP contribution in [0.5, 0.6) is 11.5 Å². The van der Waals surface area contributed by atoms with E-state index in [0.29, 0.717) is 42.4 Å². The molecule has 2 aromatic rings. The maximum absolute atomic E-state index is 13.7. The van der Waals surface area contributed by atoms with Crippen LogP contribution in [-0.2, 0) is 10.0 Å². The highest BCUT2D eigenvalue weighted by molar-refractivity contribution is 7.89. The fourth-order valence-corrected chi connectivity index (χ4v) is 6.73. The average molecular weight is 500 g/mol. The minimum atomic E-state index is -3.70. The number of hydrogen-bond acceptors (Lipinski definition) is 6. The van der Waals surface area contributed by atoms with E-state index in [-0.39, 0.29) is 23.5 Å². The van der Waals surface area contributed by atoms with Gasteiger partial charge in [0.2, 0.25) is 10.0 Å². The Morgan fingerprint density at radius 2 is 1.60 bits per heavy atom. The number of nitrogens with zero attached hydrogens (tertiary/aromatic N) is 2. The third-order valence-electron chi connectivity index (χ3n) is 6.91. The number of hydrogen-bond donors (Lipinski definition) is 1. The van der Waals surface area contributed by atoms with Gasteiger partial charge in [0.05, 0.1) is 12.2 Å². The summed E-state index contributed by atoms with van der Waals surface area (Å²) in [5.41, 5.74) is 1.03. The van der Waals surface area contributed by atoms with Gasteiger partial charge >= 0.3 is 0 Å². The lowest BCUT2D eigenvalue weighted by Gasteiger charge is -2.33. The van der Waals surface area contributed by atoms with Crippen molar-refractivity contribution in [3.63, 3.8) is 0 Å². The number of ether oxygens (including phenoxy) is 2. The summed E-state index contributed by atoms with van der Waals surface area (Å²) in [5.74, 6) is 1.02. The van der Waals surface area contributed by atoms with Gasteiger partial charge in [0.15, 0.2) is 11.5 Å². The fourth-order valence-electron chi connectivity index (χ4n) is 4.97. The smallest absolute Gasteiger partial charge is 0.251 e. The Kier molecular flexibility index (Phi) is 7.15. The number of benzene rings is 2. The molecule has 1 atom stereocenters. The van der Waals surface area contributed by atoms with Crippen molar-refractivity contribution in [1.29, 1.82) is 0 Å². The molecule has 1 N–H and O–H groups in total. The molecule has 188 valence electrons. The van der Waals surface area contributed by atoms with Gasteiger partial charge in [0.25, 0.3) is 5.91 Å². The zero-order valence-corrected chi connectivity index (χ0v) is 20.8. The van der Waals surface area contributed by atoms with Crippen LogP contribution in [0.25, 0.3) is 0 Å². The largest absolute Gasteiger partial charge is 0.486 e. The third kappa shape index (κ3) is 5.26. The lowest BCUT2D eigenvalue weighted by Crippen LogP contribution is -2.41. The molecule has 3 heterocycles. The molecule has 3 aliphatic heterocycles. The Balaban J connectivity index is 1.35. The number of anilines is 1. The van der Waals surface area contributed by atoms with Crippen LogP contribution in [0.1, 0.15) is 48.9 Å². The summed E-state index contributed by atoms with van der Waals surface area (Å²) in [6.07, 6.45) is 5.69. The van der Waals surface area contributed by atoms with E-state index < -0.39 is 10.0 Å². The zero-order valence-electron chi connectivity index (χ0n) is 19.9. The Morgan fingerprint density at radius 1 is 0.914 bits per heavy atom. The Morgan fingerprint density at radius 3 is 2.34 bits per heavy atom. The van der Waals surface area contributed by atoms with Gasteiger partial charge in [0.1, 0.15) is 17.6 Å². The normalized spacial score (nSPS) is 20.9. The Labute approximate surface area is 207 Å². The van der Waals surface area contributed by atoms with E-state index in [4.69, 9.17) is 9.47 Å². The molecule has 5 rings (SSSR count). The molecule has 0 saturated carbocycles. The summed E-state index contributed by atoms with van der Waals surface area (Å²) in [6, 6.07) is 12.5. The van der Waals surface area contributed by atoms with E-state index in [1.807, 2.05) is 24.3 Å². The van der Waals surface area contributed by atoms with E-state index in [9.17, 15) is 13.2 Å². The van der Waals surface area contributed by atoms with Gasteiger partial charge in [-0.1, -0.05) is 18.6 Å². The first-order valence-electron chi connectivity index (χ1n) is 12.6. The van der Waals surface area contributed by atoms with Crippen molar-refractivity contribution in [2.75, 3.05) is 44.2 Å². The van der Waals surface area contributed by atoms with Crippen molar-refractivity contribution in [3.8, 4) is 11.5 Å². The lowest BCUT2D eigenvalue weighted by atomic mass is 10.1. The van der Waals surface area contributed by atoms with E-state index in [2.05, 4.69) is 10.2 Å². The summed E-state index contributed by atoms with van der Waals surface area (Å²) in [5, 5.41) is 2.89. The second kappa shape index (κ2) is 10.5. The van der Waals surface area contributed by atoms with Crippen LogP contribution in [0.3, 0.4) is 0 Å². The first-order valence-corrected chi connectivity index (χ1v) is 14.0. The van der Waals surface area contributed by atoms with Crippen LogP contribution >= 0.6 is 0 Å². The molecule has 3 aliphatic rings. The van der Waals surface area contributed by atoms with Crippen LogP contribution < -0.4 is 19.7 Å². The topological polar surface area (TPSA) is 88.2 Å². The highest BCUT2D eigenvalue weighted by Gasteiger charge is 2.31. The van der Waals surface area contributed by atoms with Crippen molar-refractivity contribution < 1.29 is 22.7 Å². The molecule has 0 aliphatic carbocycles. The molecule has 2 fully saturated rings. The summed E-state index contributed by atoms with van der Waals surface area (Å²) in [4.78, 5) is 15.4. The summed E-state index contributed by atoms with van der Waals surface area (Å²) < 4.78 is 40.6. The third-order valence-corrected chi connectivity index (χ3v) is 8.84. The number of nitrogens with one attached hydrogen (secondary N) is 1. The number of piperidine rings is 2. The first kappa shape index (κ1) is 23.9. The summed E-state index contributed by atoms with van der Waals surface area (Å²) in [7, 11) is -3.70. The van der Waals surface area contributed by atoms with Crippen LogP contribution in [0.4, 0.5) is 5.69 Å². The van der Waals surface area contributed by atoms with Crippen LogP contribution in [0.15, 0.2) is 47.4 Å². The van der Waals surface area contributed by atoms with Crippen molar-refractivity contribution in [3.05, 3.63) is 48.0 Å². The number of sulfonamides is 1. The molecule has 35 heavy (non-hydrogen) atoms. The Hall–Kier alpha value is -2.78. The molecule has 0 unspecified atom stereocenters. The minimum Gasteiger partial charge on any atom is -0.486 e. The average Bonchev–Trinajstić information content (AvgIpc) is 2.92. The number of carbonyl (C=O) groups is 1. The molecular formula is C26H33N3O5S. The van der Waals surface area contributed by atoms with E-state index >= 15 is 0 Å². The second-order valence-corrected chi connectivity index (χ2v) is 11.3. The van der Waals surface area contributed by atoms with Crippen LogP contribution in [0.2, 0.25) is 0 Å². The quantitative estimate of drug-likeness (QED) is 0.655.